The second-order valence-corrected chi connectivity index (χ2v) is 9.33. The highest BCUT2D eigenvalue weighted by Gasteiger charge is 2.27. The number of hydrogen-bond acceptors (Lipinski definition) is 3. The van der Waals surface area contributed by atoms with E-state index in [9.17, 15) is 9.59 Å². The molecule has 1 aliphatic heterocycles. The van der Waals surface area contributed by atoms with Crippen LogP contribution >= 0.6 is 11.3 Å². The van der Waals surface area contributed by atoms with E-state index in [1.165, 1.54) is 15.3 Å². The van der Waals surface area contributed by atoms with Gasteiger partial charge in [0.2, 0.25) is 0 Å². The molecule has 162 valence electrons. The third-order valence-corrected chi connectivity index (χ3v) is 7.10. The molecule has 0 bridgehead atoms. The lowest BCUT2D eigenvalue weighted by Crippen LogP contribution is -3.15. The summed E-state index contributed by atoms with van der Waals surface area (Å²) in [4.78, 5) is 30.9. The number of para-hydroxylation sites is 1. The highest BCUT2D eigenvalue weighted by molar-refractivity contribution is 7.14. The predicted octanol–water partition coefficient (Wildman–Crippen LogP) is 2.86. The number of carbonyl (C=O) groups is 2. The maximum atomic E-state index is 13.0. The number of amides is 2. The molecular formula is C24H34N3O2S+. The molecule has 6 heteroatoms. The normalized spacial score (nSPS) is 14.7. The second-order valence-electron chi connectivity index (χ2n) is 8.20. The number of nitrogens with one attached hydrogen (secondary N) is 2. The molecule has 0 radical (unpaired) electrons. The van der Waals surface area contributed by atoms with Crippen LogP contribution in [-0.4, -0.2) is 49.4 Å². The number of aryl methyl sites for hydroxylation is 4. The summed E-state index contributed by atoms with van der Waals surface area (Å²) in [7, 11) is 0. The molecule has 2 amide bonds. The van der Waals surface area contributed by atoms with Crippen LogP contribution in [0.4, 0.5) is 5.69 Å². The van der Waals surface area contributed by atoms with E-state index in [1.54, 1.807) is 11.3 Å². The fraction of sp³-hybridized carbons (Fsp3) is 0.500. The Kier molecular flexibility index (Phi) is 7.67. The van der Waals surface area contributed by atoms with Crippen molar-refractivity contribution in [3.63, 3.8) is 0 Å². The van der Waals surface area contributed by atoms with Crippen LogP contribution in [0.1, 0.15) is 51.5 Å². The van der Waals surface area contributed by atoms with Crippen LogP contribution in [0.15, 0.2) is 24.3 Å². The summed E-state index contributed by atoms with van der Waals surface area (Å²) in [5.74, 6) is 0.188. The average molecular weight is 429 g/mol. The van der Waals surface area contributed by atoms with Crippen LogP contribution in [0, 0.1) is 13.8 Å². The molecule has 1 aromatic heterocycles. The van der Waals surface area contributed by atoms with Gasteiger partial charge in [0.05, 0.1) is 31.1 Å². The summed E-state index contributed by atoms with van der Waals surface area (Å²) in [5.41, 5.74) is 4.40. The molecule has 0 saturated carbocycles. The zero-order chi connectivity index (χ0) is 21.7. The van der Waals surface area contributed by atoms with E-state index < -0.39 is 0 Å². The van der Waals surface area contributed by atoms with Crippen LogP contribution in [0.5, 0.6) is 0 Å². The molecule has 0 aliphatic carbocycles. The minimum Gasteiger partial charge on any atom is -0.327 e. The Morgan fingerprint density at radius 3 is 2.40 bits per heavy atom. The first-order valence-corrected chi connectivity index (χ1v) is 11.8. The van der Waals surface area contributed by atoms with Gasteiger partial charge in [-0.3, -0.25) is 9.59 Å². The van der Waals surface area contributed by atoms with E-state index in [0.29, 0.717) is 19.6 Å². The lowest BCUT2D eigenvalue weighted by Gasteiger charge is -2.31. The quantitative estimate of drug-likeness (QED) is 0.713. The van der Waals surface area contributed by atoms with Gasteiger partial charge in [-0.1, -0.05) is 38.5 Å². The highest BCUT2D eigenvalue weighted by Crippen LogP contribution is 2.26. The van der Waals surface area contributed by atoms with Gasteiger partial charge >= 0.3 is 0 Å². The van der Waals surface area contributed by atoms with Crippen molar-refractivity contribution in [1.29, 1.82) is 0 Å². The van der Waals surface area contributed by atoms with Gasteiger partial charge in [0, 0.05) is 10.6 Å². The van der Waals surface area contributed by atoms with E-state index in [2.05, 4.69) is 25.2 Å². The Bertz CT molecular complexity index is 878. The SMILES string of the molecule is CCCc1sc(C(=O)N2CC[NH+](CC(=O)Nc3c(C)cccc3C)CC2)cc1CC. The first-order valence-electron chi connectivity index (χ1n) is 11.0. The van der Waals surface area contributed by atoms with E-state index in [-0.39, 0.29) is 11.8 Å². The molecule has 1 aromatic carbocycles. The molecule has 2 N–H and O–H groups in total. The van der Waals surface area contributed by atoms with Crippen LogP contribution in [0.3, 0.4) is 0 Å². The lowest BCUT2D eigenvalue weighted by atomic mass is 10.1. The van der Waals surface area contributed by atoms with Crippen molar-refractivity contribution < 1.29 is 14.5 Å². The van der Waals surface area contributed by atoms with Gasteiger partial charge in [0.25, 0.3) is 11.8 Å². The average Bonchev–Trinajstić information content (AvgIpc) is 3.14. The Morgan fingerprint density at radius 1 is 1.13 bits per heavy atom. The zero-order valence-electron chi connectivity index (χ0n) is 18.6. The molecule has 30 heavy (non-hydrogen) atoms. The Morgan fingerprint density at radius 2 is 1.80 bits per heavy atom. The number of carbonyl (C=O) groups excluding carboxylic acids is 2. The number of quaternary nitrogens is 1. The maximum Gasteiger partial charge on any atom is 0.279 e. The third kappa shape index (κ3) is 5.29. The van der Waals surface area contributed by atoms with E-state index >= 15 is 0 Å². The number of thiophene rings is 1. The Hall–Kier alpha value is -2.18. The maximum absolute atomic E-state index is 13.0. The van der Waals surface area contributed by atoms with Gasteiger partial charge < -0.3 is 15.1 Å². The van der Waals surface area contributed by atoms with E-state index in [4.69, 9.17) is 0 Å². The molecule has 1 aliphatic rings. The van der Waals surface area contributed by atoms with Gasteiger partial charge in [0.1, 0.15) is 0 Å². The van der Waals surface area contributed by atoms with E-state index in [1.807, 2.05) is 36.9 Å². The summed E-state index contributed by atoms with van der Waals surface area (Å²) in [5, 5.41) is 3.07. The number of piperazine rings is 1. The van der Waals surface area contributed by atoms with Gasteiger partial charge in [-0.2, -0.15) is 0 Å². The fourth-order valence-corrected chi connectivity index (χ4v) is 5.41. The first kappa shape index (κ1) is 22.5. The van der Waals surface area contributed by atoms with Gasteiger partial charge in [0.15, 0.2) is 6.54 Å². The van der Waals surface area contributed by atoms with Crippen LogP contribution < -0.4 is 10.2 Å². The van der Waals surface area contributed by atoms with Crippen molar-refractivity contribution in [3.8, 4) is 0 Å². The van der Waals surface area contributed by atoms with Crippen molar-refractivity contribution in [2.45, 2.75) is 47.0 Å². The predicted molar refractivity (Wildman–Crippen MR) is 124 cm³/mol. The van der Waals surface area contributed by atoms with Crippen molar-refractivity contribution >= 4 is 28.8 Å². The summed E-state index contributed by atoms with van der Waals surface area (Å²) < 4.78 is 0. The van der Waals surface area contributed by atoms with Crippen LogP contribution in [-0.2, 0) is 17.6 Å². The summed E-state index contributed by atoms with van der Waals surface area (Å²) in [6, 6.07) is 8.12. The number of hydrogen-bond donors (Lipinski definition) is 2. The highest BCUT2D eigenvalue weighted by atomic mass is 32.1. The minimum absolute atomic E-state index is 0.0391. The second kappa shape index (κ2) is 10.2. The molecule has 1 fully saturated rings. The van der Waals surface area contributed by atoms with Crippen LogP contribution in [0.25, 0.3) is 0 Å². The van der Waals surface area contributed by atoms with Crippen molar-refractivity contribution in [2.75, 3.05) is 38.0 Å². The van der Waals surface area contributed by atoms with E-state index in [0.717, 1.165) is 54.0 Å². The summed E-state index contributed by atoms with van der Waals surface area (Å²) in [6.07, 6.45) is 3.13. The molecular weight excluding hydrogens is 394 g/mol. The molecule has 2 aromatic rings. The summed E-state index contributed by atoms with van der Waals surface area (Å²) >= 11 is 1.66. The molecule has 0 atom stereocenters. The zero-order valence-corrected chi connectivity index (χ0v) is 19.5. The van der Waals surface area contributed by atoms with Crippen molar-refractivity contribution in [3.05, 3.63) is 50.7 Å². The van der Waals surface area contributed by atoms with Gasteiger partial charge in [-0.05, 0) is 49.4 Å². The van der Waals surface area contributed by atoms with Crippen LogP contribution in [0.2, 0.25) is 0 Å². The first-order chi connectivity index (χ1) is 14.4. The fourth-order valence-electron chi connectivity index (χ4n) is 4.09. The summed E-state index contributed by atoms with van der Waals surface area (Å²) in [6.45, 7) is 11.8. The monoisotopic (exact) mass is 428 g/mol. The number of nitrogens with zero attached hydrogens (tertiary/aromatic N) is 1. The largest absolute Gasteiger partial charge is 0.327 e. The standard InChI is InChI=1S/C24H33N3O2S/c1-5-8-20-19(6-2)15-21(30-20)24(29)27-13-11-26(12-14-27)16-22(28)25-23-17(3)9-7-10-18(23)4/h7,9-10,15H,5-6,8,11-14,16H2,1-4H3,(H,25,28)/p+1. The molecule has 5 nitrogen and oxygen atoms in total. The molecule has 1 saturated heterocycles. The third-order valence-electron chi connectivity index (χ3n) is 5.88. The molecule has 0 unspecified atom stereocenters. The number of benzene rings is 1. The Balaban J connectivity index is 1.53. The minimum atomic E-state index is 0.0391. The Labute approximate surface area is 184 Å². The van der Waals surface area contributed by atoms with Crippen molar-refractivity contribution in [1.82, 2.24) is 4.90 Å². The topological polar surface area (TPSA) is 53.9 Å². The molecule has 3 rings (SSSR count). The molecule has 0 spiro atoms. The number of rotatable bonds is 7. The van der Waals surface area contributed by atoms with Crippen molar-refractivity contribution in [2.24, 2.45) is 0 Å². The van der Waals surface area contributed by atoms with Gasteiger partial charge in [-0.15, -0.1) is 11.3 Å². The molecule has 2 heterocycles. The lowest BCUT2D eigenvalue weighted by molar-refractivity contribution is -0.895. The number of anilines is 1. The smallest absolute Gasteiger partial charge is 0.279 e. The van der Waals surface area contributed by atoms with Gasteiger partial charge in [-0.25, -0.2) is 0 Å².